The third-order valence-electron chi connectivity index (χ3n) is 3.84. The quantitative estimate of drug-likeness (QED) is 0.760. The second kappa shape index (κ2) is 5.40. The van der Waals surface area contributed by atoms with Gasteiger partial charge in [0.15, 0.2) is 0 Å². The third kappa shape index (κ3) is 2.76. The maximum absolute atomic E-state index is 12.3. The van der Waals surface area contributed by atoms with E-state index in [0.717, 1.165) is 25.7 Å². The monoisotopic (exact) mass is 261 g/mol. The summed E-state index contributed by atoms with van der Waals surface area (Å²) >= 11 is 0. The number of rotatable bonds is 4. The first kappa shape index (κ1) is 13.5. The summed E-state index contributed by atoms with van der Waals surface area (Å²) in [5.41, 5.74) is 11.5. The Morgan fingerprint density at radius 1 is 1.26 bits per heavy atom. The van der Waals surface area contributed by atoms with Gasteiger partial charge in [-0.2, -0.15) is 0 Å². The lowest BCUT2D eigenvalue weighted by molar-refractivity contribution is -0.124. The van der Waals surface area contributed by atoms with Crippen LogP contribution in [0.3, 0.4) is 0 Å². The largest absolute Gasteiger partial charge is 0.366 e. The number of hydrogen-bond donors (Lipinski definition) is 3. The minimum absolute atomic E-state index is 0.0610. The van der Waals surface area contributed by atoms with Crippen molar-refractivity contribution in [1.82, 2.24) is 0 Å². The van der Waals surface area contributed by atoms with E-state index in [2.05, 4.69) is 5.32 Å². The van der Waals surface area contributed by atoms with Crippen molar-refractivity contribution >= 4 is 17.5 Å². The van der Waals surface area contributed by atoms with Crippen LogP contribution in [0.4, 0.5) is 5.69 Å². The number of primary amides is 1. The molecule has 1 aliphatic carbocycles. The highest BCUT2D eigenvalue weighted by Gasteiger charge is 2.39. The molecule has 0 unspecified atom stereocenters. The van der Waals surface area contributed by atoms with Crippen molar-refractivity contribution in [1.29, 1.82) is 0 Å². The van der Waals surface area contributed by atoms with Gasteiger partial charge in [-0.05, 0) is 31.0 Å². The SMILES string of the molecule is NCC1(C(=O)Nc2cccc(C(N)=O)c2)CCCC1. The van der Waals surface area contributed by atoms with Gasteiger partial charge in [0.1, 0.15) is 0 Å². The molecule has 0 radical (unpaired) electrons. The molecule has 2 amide bonds. The van der Waals surface area contributed by atoms with Crippen LogP contribution < -0.4 is 16.8 Å². The van der Waals surface area contributed by atoms with Crippen molar-refractivity contribution in [3.8, 4) is 0 Å². The minimum Gasteiger partial charge on any atom is -0.366 e. The summed E-state index contributed by atoms with van der Waals surface area (Å²) in [5.74, 6) is -0.570. The summed E-state index contributed by atoms with van der Waals surface area (Å²) < 4.78 is 0. The highest BCUT2D eigenvalue weighted by atomic mass is 16.2. The predicted molar refractivity (Wildman–Crippen MR) is 73.5 cm³/mol. The molecular formula is C14H19N3O2. The van der Waals surface area contributed by atoms with Crippen molar-refractivity contribution in [2.75, 3.05) is 11.9 Å². The number of anilines is 1. The molecule has 1 aliphatic rings. The number of carbonyl (C=O) groups excluding carboxylic acids is 2. The predicted octanol–water partition coefficient (Wildman–Crippen LogP) is 1.24. The van der Waals surface area contributed by atoms with Gasteiger partial charge in [0.05, 0.1) is 5.41 Å². The van der Waals surface area contributed by atoms with E-state index in [-0.39, 0.29) is 5.91 Å². The maximum atomic E-state index is 12.3. The van der Waals surface area contributed by atoms with Gasteiger partial charge in [0.2, 0.25) is 11.8 Å². The lowest BCUT2D eigenvalue weighted by Crippen LogP contribution is -2.40. The lowest BCUT2D eigenvalue weighted by Gasteiger charge is -2.25. The average molecular weight is 261 g/mol. The Bertz CT molecular complexity index is 493. The molecule has 5 N–H and O–H groups in total. The maximum Gasteiger partial charge on any atom is 0.248 e. The van der Waals surface area contributed by atoms with E-state index in [0.29, 0.717) is 17.8 Å². The van der Waals surface area contributed by atoms with E-state index in [4.69, 9.17) is 11.5 Å². The van der Waals surface area contributed by atoms with E-state index < -0.39 is 11.3 Å². The van der Waals surface area contributed by atoms with Crippen LogP contribution >= 0.6 is 0 Å². The van der Waals surface area contributed by atoms with Gasteiger partial charge in [-0.25, -0.2) is 0 Å². The fourth-order valence-corrected chi connectivity index (χ4v) is 2.59. The van der Waals surface area contributed by atoms with Gasteiger partial charge >= 0.3 is 0 Å². The molecule has 0 atom stereocenters. The fourth-order valence-electron chi connectivity index (χ4n) is 2.59. The lowest BCUT2D eigenvalue weighted by atomic mass is 9.85. The first-order chi connectivity index (χ1) is 9.07. The van der Waals surface area contributed by atoms with Gasteiger partial charge in [0, 0.05) is 17.8 Å². The van der Waals surface area contributed by atoms with Crippen LogP contribution in [0.25, 0.3) is 0 Å². The Morgan fingerprint density at radius 2 is 1.95 bits per heavy atom. The fraction of sp³-hybridized carbons (Fsp3) is 0.429. The van der Waals surface area contributed by atoms with Gasteiger partial charge in [-0.15, -0.1) is 0 Å². The summed E-state index contributed by atoms with van der Waals surface area (Å²) in [7, 11) is 0. The molecule has 0 bridgehead atoms. The van der Waals surface area contributed by atoms with Gasteiger partial charge in [-0.1, -0.05) is 18.9 Å². The van der Waals surface area contributed by atoms with E-state index in [9.17, 15) is 9.59 Å². The van der Waals surface area contributed by atoms with Crippen LogP contribution in [0.5, 0.6) is 0 Å². The van der Waals surface area contributed by atoms with Gasteiger partial charge in [0.25, 0.3) is 0 Å². The van der Waals surface area contributed by atoms with Crippen LogP contribution in [0.1, 0.15) is 36.0 Å². The van der Waals surface area contributed by atoms with Crippen LogP contribution in [0.15, 0.2) is 24.3 Å². The highest BCUT2D eigenvalue weighted by molar-refractivity contribution is 5.98. The molecular weight excluding hydrogens is 242 g/mol. The molecule has 0 aromatic heterocycles. The Hall–Kier alpha value is -1.88. The second-order valence-electron chi connectivity index (χ2n) is 5.09. The Kier molecular flexibility index (Phi) is 3.85. The zero-order valence-corrected chi connectivity index (χ0v) is 10.8. The molecule has 5 nitrogen and oxygen atoms in total. The van der Waals surface area contributed by atoms with E-state index in [1.165, 1.54) is 0 Å². The van der Waals surface area contributed by atoms with E-state index >= 15 is 0 Å². The molecule has 1 fully saturated rings. The Morgan fingerprint density at radius 3 is 2.53 bits per heavy atom. The van der Waals surface area contributed by atoms with Crippen LogP contribution in [0.2, 0.25) is 0 Å². The summed E-state index contributed by atoms with van der Waals surface area (Å²) in [4.78, 5) is 23.4. The molecule has 0 aliphatic heterocycles. The summed E-state index contributed by atoms with van der Waals surface area (Å²) in [6, 6.07) is 6.63. The first-order valence-electron chi connectivity index (χ1n) is 6.49. The average Bonchev–Trinajstić information content (AvgIpc) is 2.89. The normalized spacial score (nSPS) is 17.1. The Balaban J connectivity index is 2.14. The van der Waals surface area contributed by atoms with Crippen molar-refractivity contribution < 1.29 is 9.59 Å². The minimum atomic E-state index is -0.509. The zero-order valence-electron chi connectivity index (χ0n) is 10.8. The number of carbonyl (C=O) groups is 2. The molecule has 5 heteroatoms. The smallest absolute Gasteiger partial charge is 0.248 e. The summed E-state index contributed by atoms with van der Waals surface area (Å²) in [5, 5.41) is 2.84. The van der Waals surface area contributed by atoms with Crippen LogP contribution in [-0.4, -0.2) is 18.4 Å². The number of nitrogens with one attached hydrogen (secondary N) is 1. The van der Waals surface area contributed by atoms with Crippen molar-refractivity contribution in [3.63, 3.8) is 0 Å². The van der Waals surface area contributed by atoms with Crippen LogP contribution in [0, 0.1) is 5.41 Å². The number of nitrogens with two attached hydrogens (primary N) is 2. The number of hydrogen-bond acceptors (Lipinski definition) is 3. The molecule has 1 aromatic carbocycles. The molecule has 1 saturated carbocycles. The first-order valence-corrected chi connectivity index (χ1v) is 6.49. The molecule has 0 heterocycles. The van der Waals surface area contributed by atoms with Gasteiger partial charge < -0.3 is 16.8 Å². The number of benzene rings is 1. The molecule has 1 aromatic rings. The summed E-state index contributed by atoms with van der Waals surface area (Å²) in [6.07, 6.45) is 3.72. The van der Waals surface area contributed by atoms with Gasteiger partial charge in [-0.3, -0.25) is 9.59 Å². The third-order valence-corrected chi connectivity index (χ3v) is 3.84. The summed E-state index contributed by atoms with van der Waals surface area (Å²) in [6.45, 7) is 0.355. The molecule has 102 valence electrons. The highest BCUT2D eigenvalue weighted by Crippen LogP contribution is 2.38. The standard InChI is InChI=1S/C14H19N3O2/c15-9-14(6-1-2-7-14)13(19)17-11-5-3-4-10(8-11)12(16)18/h3-5,8H,1-2,6-7,9,15H2,(H2,16,18)(H,17,19). The number of amides is 2. The topological polar surface area (TPSA) is 98.2 Å². The van der Waals surface area contributed by atoms with Crippen molar-refractivity contribution in [2.24, 2.45) is 16.9 Å². The molecule has 0 spiro atoms. The second-order valence-corrected chi connectivity index (χ2v) is 5.09. The Labute approximate surface area is 112 Å². The zero-order chi connectivity index (χ0) is 13.9. The molecule has 19 heavy (non-hydrogen) atoms. The van der Waals surface area contributed by atoms with Crippen molar-refractivity contribution in [3.05, 3.63) is 29.8 Å². The van der Waals surface area contributed by atoms with Crippen molar-refractivity contribution in [2.45, 2.75) is 25.7 Å². The van der Waals surface area contributed by atoms with E-state index in [1.54, 1.807) is 24.3 Å². The van der Waals surface area contributed by atoms with Crippen LogP contribution in [-0.2, 0) is 4.79 Å². The molecule has 0 saturated heterocycles. The molecule has 2 rings (SSSR count). The van der Waals surface area contributed by atoms with E-state index in [1.807, 2.05) is 0 Å².